The number of thiophene rings is 1. The van der Waals surface area contributed by atoms with Crippen LogP contribution in [0.15, 0.2) is 35.7 Å². The van der Waals surface area contributed by atoms with Crippen molar-refractivity contribution in [1.29, 1.82) is 0 Å². The number of anilines is 1. The van der Waals surface area contributed by atoms with Crippen molar-refractivity contribution in [1.82, 2.24) is 9.97 Å². The fourth-order valence-corrected chi connectivity index (χ4v) is 3.56. The quantitative estimate of drug-likeness (QED) is 0.570. The van der Waals surface area contributed by atoms with Crippen molar-refractivity contribution in [3.63, 3.8) is 0 Å². The average Bonchev–Trinajstić information content (AvgIpc) is 3.23. The monoisotopic (exact) mass is 296 g/mol. The van der Waals surface area contributed by atoms with Crippen LogP contribution in [0.25, 0.3) is 21.3 Å². The lowest BCUT2D eigenvalue weighted by Gasteiger charge is -2.07. The molecule has 0 saturated heterocycles. The molecule has 106 valence electrons. The molecule has 1 aliphatic rings. The maximum absolute atomic E-state index is 5.70. The molecule has 0 bridgehead atoms. The van der Waals surface area contributed by atoms with Gasteiger partial charge in [-0.3, -0.25) is 0 Å². The summed E-state index contributed by atoms with van der Waals surface area (Å²) < 4.78 is 0. The second-order valence-corrected chi connectivity index (χ2v) is 6.33. The molecule has 0 unspecified atom stereocenters. The molecule has 1 aliphatic carbocycles. The SMILES string of the molecule is NNc1nc(CC2CC2)nc2scc(-c3ccccc3)c12. The fraction of sp³-hybridized carbons (Fsp3) is 0.250. The van der Waals surface area contributed by atoms with Crippen LogP contribution in [0.3, 0.4) is 0 Å². The summed E-state index contributed by atoms with van der Waals surface area (Å²) >= 11 is 1.65. The molecule has 0 spiro atoms. The van der Waals surface area contributed by atoms with E-state index in [0.29, 0.717) is 0 Å². The molecule has 21 heavy (non-hydrogen) atoms. The summed E-state index contributed by atoms with van der Waals surface area (Å²) in [5.41, 5.74) is 5.06. The molecule has 5 heteroatoms. The first-order valence-corrected chi connectivity index (χ1v) is 8.03. The zero-order chi connectivity index (χ0) is 14.2. The van der Waals surface area contributed by atoms with Crippen LogP contribution >= 0.6 is 11.3 Å². The average molecular weight is 296 g/mol. The maximum Gasteiger partial charge on any atom is 0.153 e. The van der Waals surface area contributed by atoms with Gasteiger partial charge < -0.3 is 5.43 Å². The summed E-state index contributed by atoms with van der Waals surface area (Å²) in [7, 11) is 0. The molecule has 4 rings (SSSR count). The highest BCUT2D eigenvalue weighted by molar-refractivity contribution is 7.17. The van der Waals surface area contributed by atoms with Gasteiger partial charge in [0.05, 0.1) is 5.39 Å². The number of hydrogen-bond acceptors (Lipinski definition) is 5. The van der Waals surface area contributed by atoms with Crippen molar-refractivity contribution >= 4 is 27.4 Å². The Morgan fingerprint density at radius 1 is 1.19 bits per heavy atom. The van der Waals surface area contributed by atoms with E-state index in [1.54, 1.807) is 11.3 Å². The number of rotatable bonds is 4. The van der Waals surface area contributed by atoms with Gasteiger partial charge in [0.1, 0.15) is 10.7 Å². The molecule has 2 heterocycles. The van der Waals surface area contributed by atoms with Gasteiger partial charge in [-0.05, 0) is 24.3 Å². The van der Waals surface area contributed by atoms with Crippen LogP contribution in [-0.4, -0.2) is 9.97 Å². The third-order valence-corrected chi connectivity index (χ3v) is 4.74. The third-order valence-electron chi connectivity index (χ3n) is 3.87. The maximum atomic E-state index is 5.70. The zero-order valence-corrected chi connectivity index (χ0v) is 12.4. The summed E-state index contributed by atoms with van der Waals surface area (Å²) in [5.74, 6) is 8.10. The molecule has 0 aliphatic heterocycles. The molecular weight excluding hydrogens is 280 g/mol. The number of hydrazine groups is 1. The molecule has 3 N–H and O–H groups in total. The third kappa shape index (κ3) is 2.39. The van der Waals surface area contributed by atoms with Crippen LogP contribution in [-0.2, 0) is 6.42 Å². The minimum absolute atomic E-state index is 0.732. The Morgan fingerprint density at radius 2 is 2.00 bits per heavy atom. The predicted molar refractivity (Wildman–Crippen MR) is 87.1 cm³/mol. The van der Waals surface area contributed by atoms with Gasteiger partial charge in [-0.2, -0.15) is 0 Å². The van der Waals surface area contributed by atoms with Gasteiger partial charge in [-0.15, -0.1) is 11.3 Å². The first kappa shape index (κ1) is 12.7. The molecule has 0 radical (unpaired) electrons. The van der Waals surface area contributed by atoms with E-state index in [2.05, 4.69) is 27.9 Å². The van der Waals surface area contributed by atoms with Crippen LogP contribution in [0.2, 0.25) is 0 Å². The van der Waals surface area contributed by atoms with Crippen molar-refractivity contribution in [2.45, 2.75) is 19.3 Å². The largest absolute Gasteiger partial charge is 0.308 e. The van der Waals surface area contributed by atoms with Gasteiger partial charge in [0.2, 0.25) is 0 Å². The number of nitrogens with zero attached hydrogens (tertiary/aromatic N) is 2. The van der Waals surface area contributed by atoms with E-state index in [-0.39, 0.29) is 0 Å². The van der Waals surface area contributed by atoms with Crippen LogP contribution in [0.5, 0.6) is 0 Å². The molecule has 0 atom stereocenters. The molecule has 4 nitrogen and oxygen atoms in total. The van der Waals surface area contributed by atoms with E-state index in [0.717, 1.165) is 39.8 Å². The molecular formula is C16H16N4S. The summed E-state index contributed by atoms with van der Waals surface area (Å²) in [6.45, 7) is 0. The standard InChI is InChI=1S/C16H16N4S/c17-20-15-14-12(11-4-2-1-3-5-11)9-21-16(14)19-13(18-15)8-10-6-7-10/h1-5,9-10H,6-8,17H2,(H,18,19,20). The molecule has 1 fully saturated rings. The highest BCUT2D eigenvalue weighted by Gasteiger charge is 2.24. The van der Waals surface area contributed by atoms with E-state index >= 15 is 0 Å². The highest BCUT2D eigenvalue weighted by atomic mass is 32.1. The number of fused-ring (bicyclic) bond motifs is 1. The van der Waals surface area contributed by atoms with Crippen molar-refractivity contribution < 1.29 is 0 Å². The van der Waals surface area contributed by atoms with Gasteiger partial charge in [0, 0.05) is 17.4 Å². The molecule has 3 aromatic rings. The summed E-state index contributed by atoms with van der Waals surface area (Å²) in [5, 5.41) is 3.16. The van der Waals surface area contributed by atoms with Gasteiger partial charge in [0.15, 0.2) is 5.82 Å². The lowest BCUT2D eigenvalue weighted by Crippen LogP contribution is -2.11. The number of hydrogen-bond donors (Lipinski definition) is 2. The van der Waals surface area contributed by atoms with Crippen molar-refractivity contribution in [3.8, 4) is 11.1 Å². The predicted octanol–water partition coefficient (Wildman–Crippen LogP) is 3.60. The topological polar surface area (TPSA) is 63.8 Å². The number of nitrogens with two attached hydrogens (primary N) is 1. The Balaban J connectivity index is 1.86. The van der Waals surface area contributed by atoms with Crippen molar-refractivity contribution in [2.75, 3.05) is 5.43 Å². The molecule has 2 aromatic heterocycles. The van der Waals surface area contributed by atoms with Crippen LogP contribution in [0, 0.1) is 5.92 Å². The number of nitrogens with one attached hydrogen (secondary N) is 1. The first-order chi connectivity index (χ1) is 10.3. The first-order valence-electron chi connectivity index (χ1n) is 7.15. The Bertz CT molecular complexity index is 778. The molecule has 1 aromatic carbocycles. The summed E-state index contributed by atoms with van der Waals surface area (Å²) in [6, 6.07) is 10.3. The summed E-state index contributed by atoms with van der Waals surface area (Å²) in [4.78, 5) is 10.3. The zero-order valence-electron chi connectivity index (χ0n) is 11.5. The number of aromatic nitrogens is 2. The smallest absolute Gasteiger partial charge is 0.153 e. The van der Waals surface area contributed by atoms with Gasteiger partial charge in [-0.25, -0.2) is 15.8 Å². The fourth-order valence-electron chi connectivity index (χ4n) is 2.59. The van der Waals surface area contributed by atoms with Gasteiger partial charge >= 0.3 is 0 Å². The van der Waals surface area contributed by atoms with Gasteiger partial charge in [0.25, 0.3) is 0 Å². The Kier molecular flexibility index (Phi) is 3.09. The number of benzene rings is 1. The Hall–Kier alpha value is -1.98. The van der Waals surface area contributed by atoms with Crippen molar-refractivity contribution in [3.05, 3.63) is 41.5 Å². The minimum atomic E-state index is 0.732. The minimum Gasteiger partial charge on any atom is -0.308 e. The second-order valence-electron chi connectivity index (χ2n) is 5.48. The normalized spacial score (nSPS) is 14.5. The lowest BCUT2D eigenvalue weighted by atomic mass is 10.1. The Labute approximate surface area is 127 Å². The van der Waals surface area contributed by atoms with E-state index in [1.807, 2.05) is 18.2 Å². The van der Waals surface area contributed by atoms with Crippen molar-refractivity contribution in [2.24, 2.45) is 11.8 Å². The van der Waals surface area contributed by atoms with Crippen LogP contribution < -0.4 is 11.3 Å². The Morgan fingerprint density at radius 3 is 2.71 bits per heavy atom. The molecule has 1 saturated carbocycles. The highest BCUT2D eigenvalue weighted by Crippen LogP contribution is 2.38. The van der Waals surface area contributed by atoms with Crippen LogP contribution in [0.4, 0.5) is 5.82 Å². The van der Waals surface area contributed by atoms with Gasteiger partial charge in [-0.1, -0.05) is 30.3 Å². The molecule has 0 amide bonds. The van der Waals surface area contributed by atoms with E-state index in [4.69, 9.17) is 10.8 Å². The lowest BCUT2D eigenvalue weighted by molar-refractivity contribution is 0.777. The summed E-state index contributed by atoms with van der Waals surface area (Å²) in [6.07, 6.45) is 3.56. The van der Waals surface area contributed by atoms with E-state index < -0.39 is 0 Å². The second kappa shape index (κ2) is 5.09. The van der Waals surface area contributed by atoms with E-state index in [9.17, 15) is 0 Å². The van der Waals surface area contributed by atoms with E-state index in [1.165, 1.54) is 18.4 Å². The van der Waals surface area contributed by atoms with Crippen LogP contribution in [0.1, 0.15) is 18.7 Å². The number of nitrogen functional groups attached to an aromatic ring is 1.